The molecule has 0 aliphatic carbocycles. The summed E-state index contributed by atoms with van der Waals surface area (Å²) in [6, 6.07) is 13.6. The summed E-state index contributed by atoms with van der Waals surface area (Å²) in [7, 11) is 0. The third-order valence-electron chi connectivity index (χ3n) is 2.92. The van der Waals surface area contributed by atoms with Crippen LogP contribution in [0.5, 0.6) is 0 Å². The van der Waals surface area contributed by atoms with Crippen LogP contribution in [0.3, 0.4) is 0 Å². The molecule has 23 heavy (non-hydrogen) atoms. The summed E-state index contributed by atoms with van der Waals surface area (Å²) in [4.78, 5) is 11.3. The molecule has 1 atom stereocenters. The molecule has 0 fully saturated rings. The third kappa shape index (κ3) is 5.79. The van der Waals surface area contributed by atoms with Gasteiger partial charge in [0, 0.05) is 31.1 Å². The number of hydrogen-bond donors (Lipinski definition) is 1. The van der Waals surface area contributed by atoms with E-state index in [1.165, 1.54) is 30.4 Å². The number of aliphatic hydroxyl groups excluding tert-OH is 1. The fraction of sp³-hybridized carbons (Fsp3) is 0.167. The Labute approximate surface area is 154 Å². The Hall–Kier alpha value is -1.68. The number of nitrogens with zero attached hydrogens (tertiary/aromatic N) is 1. The molecule has 2 heterocycles. The van der Waals surface area contributed by atoms with Crippen LogP contribution in [0.4, 0.5) is 0 Å². The molecule has 0 bridgehead atoms. The molecule has 1 aromatic carbocycles. The quantitative estimate of drug-likeness (QED) is 0.355. The van der Waals surface area contributed by atoms with Crippen LogP contribution < -0.4 is 0 Å². The molecule has 0 saturated carbocycles. The van der Waals surface area contributed by atoms with Crippen molar-refractivity contribution in [1.82, 2.24) is 0 Å². The Bertz CT molecular complexity index is 688. The number of hydrogen-bond acceptors (Lipinski definition) is 3. The number of carbonyl (C=O) groups is 1. The van der Waals surface area contributed by atoms with Crippen LogP contribution in [-0.4, -0.2) is 10.9 Å². The van der Waals surface area contributed by atoms with Gasteiger partial charge >= 0.3 is 0 Å². The molecule has 0 amide bonds. The maximum atomic E-state index is 10.0. The first-order chi connectivity index (χ1) is 10.6. The van der Waals surface area contributed by atoms with E-state index in [-0.39, 0.29) is 37.7 Å². The van der Waals surface area contributed by atoms with Gasteiger partial charge in [0.1, 0.15) is 0 Å². The predicted octanol–water partition coefficient (Wildman–Crippen LogP) is 5.03. The molecule has 1 N–H and O–H groups in total. The summed E-state index contributed by atoms with van der Waals surface area (Å²) in [5, 5.41) is 15.0. The molecule has 3 rings (SSSR count). The Morgan fingerprint density at radius 3 is 2.70 bits per heavy atom. The summed E-state index contributed by atoms with van der Waals surface area (Å²) >= 11 is 1.76. The molecule has 1 aromatic heterocycles. The molecule has 0 spiro atoms. The van der Waals surface area contributed by atoms with Gasteiger partial charge in [-0.2, -0.15) is 42.1 Å². The smallest absolute Gasteiger partial charge is 0.155 e. The number of fused-ring (bicyclic) bond motifs is 1. The van der Waals surface area contributed by atoms with E-state index >= 15 is 0 Å². The first-order valence-corrected chi connectivity index (χ1v) is 7.74. The van der Waals surface area contributed by atoms with Crippen molar-refractivity contribution < 1.29 is 30.0 Å². The minimum absolute atomic E-state index is 0. The molecule has 123 valence electrons. The summed E-state index contributed by atoms with van der Waals surface area (Å²) in [6.45, 7) is 2.85. The first-order valence-electron chi connectivity index (χ1n) is 6.86. The first kappa shape index (κ1) is 19.4. The summed E-state index contributed by atoms with van der Waals surface area (Å²) in [6.07, 6.45) is 5.13. The third-order valence-corrected chi connectivity index (χ3v) is 3.82. The predicted molar refractivity (Wildman–Crippen MR) is 90.9 cm³/mol. The van der Waals surface area contributed by atoms with Crippen LogP contribution in [-0.2, 0) is 24.9 Å². The zero-order valence-corrected chi connectivity index (χ0v) is 16.0. The van der Waals surface area contributed by atoms with Crippen molar-refractivity contribution in [3.8, 4) is 0 Å². The molecule has 0 saturated heterocycles. The molecular formula is C18H17IrNO2S-2. The summed E-state index contributed by atoms with van der Waals surface area (Å²) < 4.78 is 0. The second-order valence-corrected chi connectivity index (χ2v) is 5.77. The Morgan fingerprint density at radius 1 is 1.35 bits per heavy atom. The summed E-state index contributed by atoms with van der Waals surface area (Å²) in [5.41, 5.74) is 2.44. The zero-order valence-electron chi connectivity index (χ0n) is 12.8. The molecule has 5 heteroatoms. The van der Waals surface area contributed by atoms with Crippen molar-refractivity contribution in [1.29, 1.82) is 0 Å². The van der Waals surface area contributed by atoms with Crippen molar-refractivity contribution in [2.45, 2.75) is 19.9 Å². The van der Waals surface area contributed by atoms with Crippen LogP contribution in [0, 0.1) is 6.07 Å². The van der Waals surface area contributed by atoms with E-state index in [1.54, 1.807) is 11.3 Å². The normalized spacial score (nSPS) is 15.4. The molecule has 1 aliphatic rings. The number of aliphatic hydroxyl groups is 1. The SMILES string of the molecule is CC(=O)/C=C(/C)O.[Ir].[c-]1ccccc1C1[N-]C=Cc2sccc21. The van der Waals surface area contributed by atoms with Crippen molar-refractivity contribution >= 4 is 23.2 Å². The van der Waals surface area contributed by atoms with Gasteiger partial charge in [0.15, 0.2) is 5.78 Å². The molecular weight excluding hydrogens is 486 g/mol. The second-order valence-electron chi connectivity index (χ2n) is 4.82. The van der Waals surface area contributed by atoms with Gasteiger partial charge in [-0.15, -0.1) is 11.3 Å². The maximum Gasteiger partial charge on any atom is 0.155 e. The standard InChI is InChI=1S/C13H9NS.C5H8O2.Ir/c1-2-4-10(5-3-1)13-11-7-9-15-12(11)6-8-14-13;1-4(6)3-5(2)7;/h1-4,6-9,13H;3,6H,1-2H3;/q-2;;/b;4-3-;. The van der Waals surface area contributed by atoms with Crippen LogP contribution in [0.1, 0.15) is 35.9 Å². The zero-order chi connectivity index (χ0) is 15.9. The van der Waals surface area contributed by atoms with E-state index in [0.29, 0.717) is 0 Å². The topological polar surface area (TPSA) is 51.4 Å². The van der Waals surface area contributed by atoms with Gasteiger partial charge < -0.3 is 10.4 Å². The van der Waals surface area contributed by atoms with E-state index < -0.39 is 0 Å². The van der Waals surface area contributed by atoms with Crippen LogP contribution >= 0.6 is 11.3 Å². The Morgan fingerprint density at radius 2 is 2.13 bits per heavy atom. The second kappa shape index (κ2) is 9.46. The van der Waals surface area contributed by atoms with Gasteiger partial charge in [0.2, 0.25) is 0 Å². The van der Waals surface area contributed by atoms with Crippen LogP contribution in [0.2, 0.25) is 0 Å². The van der Waals surface area contributed by atoms with Crippen molar-refractivity contribution in [2.24, 2.45) is 0 Å². The minimum atomic E-state index is -0.125. The number of benzene rings is 1. The van der Waals surface area contributed by atoms with Crippen molar-refractivity contribution in [3.05, 3.63) is 81.1 Å². The fourth-order valence-electron chi connectivity index (χ4n) is 2.09. The Balaban J connectivity index is 0.000000287. The van der Waals surface area contributed by atoms with Gasteiger partial charge in [-0.05, 0) is 30.9 Å². The molecule has 1 radical (unpaired) electrons. The van der Waals surface area contributed by atoms with E-state index in [1.807, 2.05) is 24.4 Å². The van der Waals surface area contributed by atoms with E-state index in [2.05, 4.69) is 35.0 Å². The molecule has 3 nitrogen and oxygen atoms in total. The van der Waals surface area contributed by atoms with Gasteiger partial charge in [0.25, 0.3) is 0 Å². The number of rotatable bonds is 2. The molecule has 1 unspecified atom stereocenters. The van der Waals surface area contributed by atoms with Crippen LogP contribution in [0.25, 0.3) is 11.4 Å². The average molecular weight is 504 g/mol. The molecule has 1 aliphatic heterocycles. The Kier molecular flexibility index (Phi) is 7.96. The van der Waals surface area contributed by atoms with Gasteiger partial charge in [-0.1, -0.05) is 12.1 Å². The average Bonchev–Trinajstić information content (AvgIpc) is 2.95. The fourth-order valence-corrected chi connectivity index (χ4v) is 2.91. The van der Waals surface area contributed by atoms with Crippen molar-refractivity contribution in [2.75, 3.05) is 0 Å². The van der Waals surface area contributed by atoms with Crippen LogP contribution in [0.15, 0.2) is 53.7 Å². The number of allylic oxidation sites excluding steroid dienone is 2. The number of carbonyl (C=O) groups excluding carboxylic acids is 1. The van der Waals surface area contributed by atoms with Gasteiger partial charge in [-0.3, -0.25) is 4.79 Å². The number of ketones is 1. The van der Waals surface area contributed by atoms with Gasteiger partial charge in [-0.25, -0.2) is 0 Å². The van der Waals surface area contributed by atoms with E-state index in [9.17, 15) is 4.79 Å². The summed E-state index contributed by atoms with van der Waals surface area (Å²) in [5.74, 6) is -0.0625. The van der Waals surface area contributed by atoms with Crippen molar-refractivity contribution in [3.63, 3.8) is 0 Å². The minimum Gasteiger partial charge on any atom is -0.682 e. The monoisotopic (exact) mass is 504 g/mol. The maximum absolute atomic E-state index is 10.0. The van der Waals surface area contributed by atoms with E-state index in [0.717, 1.165) is 5.56 Å². The van der Waals surface area contributed by atoms with Gasteiger partial charge in [0.05, 0.1) is 5.76 Å². The number of thiophene rings is 1. The molecule has 2 aromatic rings. The largest absolute Gasteiger partial charge is 0.682 e. The van der Waals surface area contributed by atoms with E-state index in [4.69, 9.17) is 5.11 Å².